The normalized spacial score (nSPS) is 13.3. The third kappa shape index (κ3) is 4.19. The Hall–Kier alpha value is -3.23. The molecule has 1 aromatic carbocycles. The van der Waals surface area contributed by atoms with Gasteiger partial charge in [-0.1, -0.05) is 37.6 Å². The van der Waals surface area contributed by atoms with Crippen molar-refractivity contribution < 1.29 is 9.59 Å². The molecule has 0 fully saturated rings. The van der Waals surface area contributed by atoms with Crippen molar-refractivity contribution in [2.45, 2.75) is 32.9 Å². The lowest BCUT2D eigenvalue weighted by Gasteiger charge is -2.21. The molecule has 148 valence electrons. The number of amides is 2. The van der Waals surface area contributed by atoms with E-state index >= 15 is 0 Å². The molecule has 0 saturated carbocycles. The summed E-state index contributed by atoms with van der Waals surface area (Å²) in [6.45, 7) is 4.16. The summed E-state index contributed by atoms with van der Waals surface area (Å²) in [4.78, 5) is 33.9. The number of carbonyl (C=O) groups excluding carboxylic acids is 2. The molecule has 2 aromatic heterocycles. The summed E-state index contributed by atoms with van der Waals surface area (Å²) in [5.74, 6) is 0.389. The number of hydrogen-bond acceptors (Lipinski definition) is 5. The van der Waals surface area contributed by atoms with Crippen LogP contribution in [0, 0.1) is 5.92 Å². The van der Waals surface area contributed by atoms with Crippen LogP contribution in [0.2, 0.25) is 0 Å². The highest BCUT2D eigenvalue weighted by molar-refractivity contribution is 5.92. The molecular weight excluding hydrogens is 358 g/mol. The Bertz CT molecular complexity index is 942. The topological polar surface area (TPSA) is 109 Å². The van der Waals surface area contributed by atoms with Gasteiger partial charge in [-0.15, -0.1) is 5.10 Å². The van der Waals surface area contributed by atoms with Crippen LogP contribution >= 0.6 is 0 Å². The average Bonchev–Trinajstić information content (AvgIpc) is 3.31. The molecule has 0 aliphatic carbocycles. The molecule has 0 aliphatic rings. The zero-order valence-electron chi connectivity index (χ0n) is 16.5. The van der Waals surface area contributed by atoms with Crippen LogP contribution in [0.1, 0.15) is 42.6 Å². The second-order valence-corrected chi connectivity index (χ2v) is 7.07. The molecule has 3 rings (SSSR count). The van der Waals surface area contributed by atoms with Gasteiger partial charge in [-0.05, 0) is 18.1 Å². The minimum Gasteiger partial charge on any atom is -0.347 e. The molecule has 0 radical (unpaired) electrons. The maximum atomic E-state index is 12.7. The monoisotopic (exact) mass is 383 g/mol. The number of para-hydroxylation sites is 2. The van der Waals surface area contributed by atoms with E-state index in [0.29, 0.717) is 5.82 Å². The maximum absolute atomic E-state index is 12.7. The van der Waals surface area contributed by atoms with Crippen molar-refractivity contribution in [2.75, 3.05) is 14.1 Å². The molecule has 2 amide bonds. The third-order valence-corrected chi connectivity index (χ3v) is 4.77. The van der Waals surface area contributed by atoms with E-state index in [1.807, 2.05) is 24.3 Å². The molecule has 2 N–H and O–H groups in total. The summed E-state index contributed by atoms with van der Waals surface area (Å²) in [7, 11) is 3.33. The Balaban J connectivity index is 1.78. The predicted molar refractivity (Wildman–Crippen MR) is 104 cm³/mol. The van der Waals surface area contributed by atoms with E-state index in [4.69, 9.17) is 0 Å². The molecule has 2 heterocycles. The van der Waals surface area contributed by atoms with Crippen molar-refractivity contribution in [3.63, 3.8) is 0 Å². The van der Waals surface area contributed by atoms with E-state index in [-0.39, 0.29) is 36.0 Å². The van der Waals surface area contributed by atoms with Crippen LogP contribution < -0.4 is 5.32 Å². The van der Waals surface area contributed by atoms with Crippen molar-refractivity contribution in [3.05, 3.63) is 42.0 Å². The number of imidazole rings is 1. The quantitative estimate of drug-likeness (QED) is 0.646. The molecular formula is C19H25N7O2. The first-order chi connectivity index (χ1) is 13.4. The molecule has 0 spiro atoms. The van der Waals surface area contributed by atoms with Gasteiger partial charge in [-0.3, -0.25) is 9.59 Å². The second-order valence-electron chi connectivity index (χ2n) is 7.07. The molecule has 28 heavy (non-hydrogen) atoms. The zero-order valence-corrected chi connectivity index (χ0v) is 16.5. The molecule has 2 unspecified atom stereocenters. The number of benzene rings is 1. The fraction of sp³-hybridized carbons (Fsp3) is 0.421. The molecule has 9 heteroatoms. The highest BCUT2D eigenvalue weighted by Gasteiger charge is 2.25. The first kappa shape index (κ1) is 19.5. The highest BCUT2D eigenvalue weighted by Crippen LogP contribution is 2.24. The number of likely N-dealkylation sites (N-methyl/N-ethyl adjacent to an activating group) is 1. The number of rotatable bonds is 7. The Morgan fingerprint density at radius 2 is 2.04 bits per heavy atom. The fourth-order valence-electron chi connectivity index (χ4n) is 2.81. The molecule has 2 atom stereocenters. The largest absolute Gasteiger partial charge is 0.347 e. The van der Waals surface area contributed by atoms with Crippen molar-refractivity contribution in [3.8, 4) is 0 Å². The molecule has 0 aliphatic heterocycles. The van der Waals surface area contributed by atoms with Gasteiger partial charge < -0.3 is 15.2 Å². The Labute approximate surface area is 163 Å². The number of H-pyrrole nitrogens is 1. The van der Waals surface area contributed by atoms with Crippen molar-refractivity contribution >= 4 is 22.8 Å². The van der Waals surface area contributed by atoms with Gasteiger partial charge in [0.15, 0.2) is 5.69 Å². The lowest BCUT2D eigenvalue weighted by molar-refractivity contribution is -0.129. The predicted octanol–water partition coefficient (Wildman–Crippen LogP) is 1.76. The van der Waals surface area contributed by atoms with Crippen LogP contribution in [0.4, 0.5) is 0 Å². The smallest absolute Gasteiger partial charge is 0.274 e. The van der Waals surface area contributed by atoms with Gasteiger partial charge in [0, 0.05) is 14.1 Å². The van der Waals surface area contributed by atoms with Gasteiger partial charge in [-0.25, -0.2) is 9.67 Å². The van der Waals surface area contributed by atoms with E-state index < -0.39 is 0 Å². The third-order valence-electron chi connectivity index (χ3n) is 4.77. The van der Waals surface area contributed by atoms with Crippen molar-refractivity contribution in [1.82, 2.24) is 35.2 Å². The van der Waals surface area contributed by atoms with Gasteiger partial charge in [0.1, 0.15) is 12.4 Å². The number of nitrogens with one attached hydrogen (secondary N) is 2. The summed E-state index contributed by atoms with van der Waals surface area (Å²) in [5.41, 5.74) is 1.94. The van der Waals surface area contributed by atoms with Crippen LogP contribution in [-0.4, -0.2) is 55.8 Å². The summed E-state index contributed by atoms with van der Waals surface area (Å²) in [5, 5.41) is 10.8. The van der Waals surface area contributed by atoms with Gasteiger partial charge in [0.2, 0.25) is 5.91 Å². The fourth-order valence-corrected chi connectivity index (χ4v) is 2.81. The van der Waals surface area contributed by atoms with Crippen molar-refractivity contribution in [2.24, 2.45) is 5.92 Å². The zero-order chi connectivity index (χ0) is 20.3. The van der Waals surface area contributed by atoms with E-state index in [1.165, 1.54) is 15.8 Å². The van der Waals surface area contributed by atoms with Crippen LogP contribution in [0.15, 0.2) is 30.5 Å². The molecule has 9 nitrogen and oxygen atoms in total. The Morgan fingerprint density at radius 1 is 1.29 bits per heavy atom. The van der Waals surface area contributed by atoms with E-state index in [2.05, 4.69) is 39.4 Å². The standard InChI is InChI=1S/C19H25N7O2/c1-5-12(2)17(18-20-13-8-6-7-9-14(13)21-18)22-19(28)15-10-26(24-23-15)11-16(27)25(3)4/h6-10,12,17H,5,11H2,1-4H3,(H,20,21)(H,22,28). The van der Waals surface area contributed by atoms with Crippen LogP contribution in [0.3, 0.4) is 0 Å². The molecule has 0 bridgehead atoms. The van der Waals surface area contributed by atoms with Crippen LogP contribution in [-0.2, 0) is 11.3 Å². The Morgan fingerprint density at radius 3 is 2.71 bits per heavy atom. The number of carbonyl (C=O) groups is 2. The molecule has 0 saturated heterocycles. The summed E-state index contributed by atoms with van der Waals surface area (Å²) < 4.78 is 1.36. The highest BCUT2D eigenvalue weighted by atomic mass is 16.2. The minimum absolute atomic E-state index is 0.0334. The summed E-state index contributed by atoms with van der Waals surface area (Å²) in [6.07, 6.45) is 2.34. The number of nitrogens with zero attached hydrogens (tertiary/aromatic N) is 5. The maximum Gasteiger partial charge on any atom is 0.274 e. The van der Waals surface area contributed by atoms with Gasteiger partial charge in [-0.2, -0.15) is 0 Å². The number of fused-ring (bicyclic) bond motifs is 1. The number of aromatic amines is 1. The van der Waals surface area contributed by atoms with E-state index in [1.54, 1.807) is 14.1 Å². The van der Waals surface area contributed by atoms with Gasteiger partial charge in [0.25, 0.3) is 5.91 Å². The first-order valence-corrected chi connectivity index (χ1v) is 9.24. The molecule has 3 aromatic rings. The van der Waals surface area contributed by atoms with Gasteiger partial charge >= 0.3 is 0 Å². The first-order valence-electron chi connectivity index (χ1n) is 9.24. The van der Waals surface area contributed by atoms with Crippen LogP contribution in [0.25, 0.3) is 11.0 Å². The second kappa shape index (κ2) is 8.20. The van der Waals surface area contributed by atoms with E-state index in [9.17, 15) is 9.59 Å². The lowest BCUT2D eigenvalue weighted by Crippen LogP contribution is -2.33. The SMILES string of the molecule is CCC(C)C(NC(=O)c1cn(CC(=O)N(C)C)nn1)c1nc2ccccc2[nH]1. The van der Waals surface area contributed by atoms with E-state index in [0.717, 1.165) is 17.5 Å². The minimum atomic E-state index is -0.352. The summed E-state index contributed by atoms with van der Waals surface area (Å²) >= 11 is 0. The van der Waals surface area contributed by atoms with Crippen molar-refractivity contribution in [1.29, 1.82) is 0 Å². The summed E-state index contributed by atoms with van der Waals surface area (Å²) in [6, 6.07) is 7.46. The average molecular weight is 383 g/mol. The lowest BCUT2D eigenvalue weighted by atomic mass is 9.98. The van der Waals surface area contributed by atoms with Gasteiger partial charge in [0.05, 0.1) is 23.3 Å². The number of hydrogen-bond donors (Lipinski definition) is 2. The number of aromatic nitrogens is 5. The van der Waals surface area contributed by atoms with Crippen LogP contribution in [0.5, 0.6) is 0 Å². The Kier molecular flexibility index (Phi) is 5.72.